The summed E-state index contributed by atoms with van der Waals surface area (Å²) in [6, 6.07) is 11.5. The molecule has 10 nitrogen and oxygen atoms in total. The van der Waals surface area contributed by atoms with Crippen molar-refractivity contribution in [1.29, 1.82) is 0 Å². The fourth-order valence-corrected chi connectivity index (χ4v) is 4.14. The summed E-state index contributed by atoms with van der Waals surface area (Å²) in [7, 11) is 0. The summed E-state index contributed by atoms with van der Waals surface area (Å²) < 4.78 is 5.37. The van der Waals surface area contributed by atoms with Gasteiger partial charge in [-0.25, -0.2) is 4.98 Å². The van der Waals surface area contributed by atoms with Crippen molar-refractivity contribution in [2.45, 2.75) is 0 Å². The highest BCUT2D eigenvalue weighted by Gasteiger charge is 2.25. The van der Waals surface area contributed by atoms with Crippen molar-refractivity contribution >= 4 is 63.0 Å². The molecule has 2 aromatic heterocycles. The van der Waals surface area contributed by atoms with Gasteiger partial charge >= 0.3 is 5.69 Å². The van der Waals surface area contributed by atoms with E-state index in [0.29, 0.717) is 64.5 Å². The molecule has 0 saturated carbocycles. The molecule has 0 amide bonds. The van der Waals surface area contributed by atoms with Gasteiger partial charge in [-0.3, -0.25) is 14.9 Å². The number of hydrogen-bond donors (Lipinski definition) is 2. The minimum Gasteiger partial charge on any atom is -0.378 e. The second kappa shape index (κ2) is 9.49. The van der Waals surface area contributed by atoms with E-state index in [1.165, 1.54) is 0 Å². The van der Waals surface area contributed by atoms with E-state index in [1.807, 2.05) is 4.90 Å². The van der Waals surface area contributed by atoms with Crippen molar-refractivity contribution in [3.05, 3.63) is 80.1 Å². The molecule has 0 radical (unpaired) electrons. The van der Waals surface area contributed by atoms with Gasteiger partial charge in [0.15, 0.2) is 0 Å². The Morgan fingerprint density at radius 3 is 2.54 bits per heavy atom. The number of rotatable bonds is 6. The maximum absolute atomic E-state index is 13.4. The quantitative estimate of drug-likeness (QED) is 0.210. The number of halogens is 2. The fraction of sp³-hybridized carbons (Fsp3) is 0.174. The molecule has 0 atom stereocenters. The Hall–Kier alpha value is -3.73. The van der Waals surface area contributed by atoms with E-state index in [1.54, 1.807) is 42.5 Å². The van der Waals surface area contributed by atoms with Gasteiger partial charge in [-0.1, -0.05) is 23.2 Å². The first-order valence-corrected chi connectivity index (χ1v) is 11.4. The van der Waals surface area contributed by atoms with Crippen molar-refractivity contribution < 1.29 is 14.5 Å². The molecule has 0 bridgehead atoms. The van der Waals surface area contributed by atoms with Gasteiger partial charge < -0.3 is 19.9 Å². The molecule has 1 aliphatic rings. The van der Waals surface area contributed by atoms with Crippen molar-refractivity contribution in [2.75, 3.05) is 36.5 Å². The summed E-state index contributed by atoms with van der Waals surface area (Å²) in [6.45, 7) is 2.13. The Balaban J connectivity index is 1.62. The Kier molecular flexibility index (Phi) is 6.25. The number of fused-ring (bicyclic) bond motifs is 1. The number of carbonyl (C=O) groups is 1. The van der Waals surface area contributed by atoms with Crippen LogP contribution < -0.4 is 10.2 Å². The van der Waals surface area contributed by atoms with E-state index in [-0.39, 0.29) is 23.0 Å². The van der Waals surface area contributed by atoms with Gasteiger partial charge in [0.25, 0.3) is 0 Å². The first-order chi connectivity index (χ1) is 16.9. The number of aromatic nitrogens is 3. The lowest BCUT2D eigenvalue weighted by molar-refractivity contribution is -0.384. The van der Waals surface area contributed by atoms with Crippen LogP contribution in [0.3, 0.4) is 0 Å². The second-order valence-corrected chi connectivity index (χ2v) is 8.66. The molecule has 0 spiro atoms. The molecule has 2 aromatic carbocycles. The predicted octanol–water partition coefficient (Wildman–Crippen LogP) is 4.98. The lowest BCUT2D eigenvalue weighted by Gasteiger charge is -2.26. The predicted molar refractivity (Wildman–Crippen MR) is 133 cm³/mol. The van der Waals surface area contributed by atoms with Crippen LogP contribution in [0.2, 0.25) is 10.0 Å². The van der Waals surface area contributed by atoms with Crippen LogP contribution in [0.5, 0.6) is 0 Å². The molecule has 0 aliphatic carbocycles. The molecule has 178 valence electrons. The summed E-state index contributed by atoms with van der Waals surface area (Å²) in [5, 5.41) is 16.4. The van der Waals surface area contributed by atoms with E-state index >= 15 is 0 Å². The van der Waals surface area contributed by atoms with Crippen LogP contribution in [0.15, 0.2) is 48.7 Å². The summed E-state index contributed by atoms with van der Waals surface area (Å²) in [6.07, 6.45) is 1.16. The molecule has 35 heavy (non-hydrogen) atoms. The van der Waals surface area contributed by atoms with E-state index in [0.717, 1.165) is 6.20 Å². The molecule has 1 saturated heterocycles. The van der Waals surface area contributed by atoms with Gasteiger partial charge in [0.05, 0.1) is 23.8 Å². The molecule has 1 aliphatic heterocycles. The highest BCUT2D eigenvalue weighted by molar-refractivity contribution is 6.32. The van der Waals surface area contributed by atoms with Crippen LogP contribution in [0.1, 0.15) is 16.1 Å². The Bertz CT molecular complexity index is 1430. The van der Waals surface area contributed by atoms with Crippen LogP contribution in [0.4, 0.5) is 23.1 Å². The minimum atomic E-state index is -0.572. The van der Waals surface area contributed by atoms with E-state index in [4.69, 9.17) is 27.9 Å². The van der Waals surface area contributed by atoms with Crippen LogP contribution in [0, 0.1) is 10.1 Å². The number of nitro groups is 1. The number of ketones is 1. The lowest BCUT2D eigenvalue weighted by Crippen LogP contribution is -2.37. The maximum atomic E-state index is 13.4. The number of carbonyl (C=O) groups excluding carboxylic acids is 1. The molecule has 4 aromatic rings. The molecule has 1 fully saturated rings. The molecule has 5 rings (SSSR count). The monoisotopic (exact) mass is 512 g/mol. The SMILES string of the molecule is O=C(c1ccc(Cl)cc1)c1[nH]c2cc(Cl)ccc2c1Nc1nc(N2CCOCC2)ncc1[N+](=O)[O-]. The zero-order valence-corrected chi connectivity index (χ0v) is 19.6. The summed E-state index contributed by atoms with van der Waals surface area (Å²) >= 11 is 12.1. The van der Waals surface area contributed by atoms with Gasteiger partial charge in [0.2, 0.25) is 17.5 Å². The van der Waals surface area contributed by atoms with Gasteiger partial charge in [-0.2, -0.15) is 4.98 Å². The first kappa shape index (κ1) is 23.0. The number of H-pyrrole nitrogens is 1. The number of aromatic amines is 1. The number of ether oxygens (including phenoxy) is 1. The van der Waals surface area contributed by atoms with E-state index < -0.39 is 4.92 Å². The highest BCUT2D eigenvalue weighted by Crippen LogP contribution is 2.36. The van der Waals surface area contributed by atoms with Crippen LogP contribution in [-0.4, -0.2) is 52.0 Å². The summed E-state index contributed by atoms with van der Waals surface area (Å²) in [5.74, 6) is -0.0380. The van der Waals surface area contributed by atoms with Crippen LogP contribution in [0.25, 0.3) is 10.9 Å². The smallest absolute Gasteiger partial charge is 0.329 e. The van der Waals surface area contributed by atoms with Crippen molar-refractivity contribution in [3.63, 3.8) is 0 Å². The zero-order chi connectivity index (χ0) is 24.5. The van der Waals surface area contributed by atoms with Crippen molar-refractivity contribution in [2.24, 2.45) is 0 Å². The summed E-state index contributed by atoms with van der Waals surface area (Å²) in [4.78, 5) is 38.2. The van der Waals surface area contributed by atoms with Gasteiger partial charge in [0, 0.05) is 39.6 Å². The second-order valence-electron chi connectivity index (χ2n) is 7.79. The van der Waals surface area contributed by atoms with Crippen molar-refractivity contribution in [1.82, 2.24) is 15.0 Å². The zero-order valence-electron chi connectivity index (χ0n) is 18.1. The minimum absolute atomic E-state index is 0.0347. The Morgan fingerprint density at radius 2 is 1.83 bits per heavy atom. The van der Waals surface area contributed by atoms with Crippen molar-refractivity contribution in [3.8, 4) is 0 Å². The third kappa shape index (κ3) is 4.63. The Morgan fingerprint density at radius 1 is 1.11 bits per heavy atom. The molecular formula is C23H18Cl2N6O4. The molecule has 2 N–H and O–H groups in total. The normalized spacial score (nSPS) is 13.7. The van der Waals surface area contributed by atoms with Gasteiger partial charge in [-0.05, 0) is 42.5 Å². The third-order valence-corrected chi connectivity index (χ3v) is 6.07. The number of nitrogens with one attached hydrogen (secondary N) is 2. The molecular weight excluding hydrogens is 495 g/mol. The van der Waals surface area contributed by atoms with Crippen LogP contribution >= 0.6 is 23.2 Å². The lowest BCUT2D eigenvalue weighted by atomic mass is 10.1. The Labute approximate surface area is 209 Å². The summed E-state index contributed by atoms with van der Waals surface area (Å²) in [5.41, 5.74) is 1.19. The van der Waals surface area contributed by atoms with E-state index in [2.05, 4.69) is 20.3 Å². The largest absolute Gasteiger partial charge is 0.378 e. The number of benzene rings is 2. The van der Waals surface area contributed by atoms with E-state index in [9.17, 15) is 14.9 Å². The number of morpholine rings is 1. The standard InChI is InChI=1S/C23H18Cl2N6O4/c24-14-3-1-13(2-4-14)21(32)20-19(16-6-5-15(25)11-17(16)27-20)28-22-18(31(33)34)12-26-23(29-22)30-7-9-35-10-8-30/h1-6,11-12,27H,7-10H2,(H,26,28,29). The number of nitrogens with zero attached hydrogens (tertiary/aromatic N) is 4. The average molecular weight is 513 g/mol. The molecule has 0 unspecified atom stereocenters. The topological polar surface area (TPSA) is 126 Å². The first-order valence-electron chi connectivity index (χ1n) is 10.6. The number of hydrogen-bond acceptors (Lipinski definition) is 8. The third-order valence-electron chi connectivity index (χ3n) is 5.58. The van der Waals surface area contributed by atoms with Crippen LogP contribution in [-0.2, 0) is 4.74 Å². The number of anilines is 3. The van der Waals surface area contributed by atoms with Gasteiger partial charge in [0.1, 0.15) is 11.9 Å². The highest BCUT2D eigenvalue weighted by atomic mass is 35.5. The fourth-order valence-electron chi connectivity index (χ4n) is 3.84. The molecule has 3 heterocycles. The maximum Gasteiger partial charge on any atom is 0.329 e. The van der Waals surface area contributed by atoms with Gasteiger partial charge in [-0.15, -0.1) is 0 Å². The average Bonchev–Trinajstić information content (AvgIpc) is 3.21. The molecule has 12 heteroatoms.